The number of benzene rings is 1. The number of carbonyl (C=O) groups is 1. The lowest BCUT2D eigenvalue weighted by molar-refractivity contribution is 0.155. The minimum absolute atomic E-state index is 0.0740. The molecule has 1 N–H and O–H groups in total. The van der Waals surface area contributed by atoms with Gasteiger partial charge in [0, 0.05) is 29.5 Å². The lowest BCUT2D eigenvalue weighted by Gasteiger charge is -2.22. The molecule has 0 aromatic heterocycles. The van der Waals surface area contributed by atoms with Gasteiger partial charge in [0.25, 0.3) is 0 Å². The Balaban J connectivity index is 2.57. The highest BCUT2D eigenvalue weighted by Crippen LogP contribution is 2.11. The fourth-order valence-corrected chi connectivity index (χ4v) is 1.88. The normalized spacial score (nSPS) is 10.2. The molecule has 2 amide bonds. The topological polar surface area (TPSA) is 41.6 Å². The smallest absolute Gasteiger partial charge is 0.321 e. The molecule has 0 bridgehead atoms. The Labute approximate surface area is 122 Å². The van der Waals surface area contributed by atoms with Crippen LogP contribution in [-0.4, -0.2) is 37.7 Å². The van der Waals surface area contributed by atoms with Crippen molar-refractivity contribution < 1.29 is 9.53 Å². The van der Waals surface area contributed by atoms with Gasteiger partial charge in [-0.25, -0.2) is 4.79 Å². The van der Waals surface area contributed by atoms with Crippen LogP contribution in [0.2, 0.25) is 0 Å². The molecule has 1 rings (SSSR count). The lowest BCUT2D eigenvalue weighted by atomic mass is 10.3. The van der Waals surface area contributed by atoms with Gasteiger partial charge in [0.1, 0.15) is 0 Å². The van der Waals surface area contributed by atoms with E-state index in [4.69, 9.17) is 4.74 Å². The molecule has 0 aliphatic rings. The van der Waals surface area contributed by atoms with Crippen molar-refractivity contribution in [2.45, 2.75) is 13.3 Å². The van der Waals surface area contributed by atoms with E-state index in [0.717, 1.165) is 22.2 Å². The highest BCUT2D eigenvalue weighted by molar-refractivity contribution is 14.1. The third kappa shape index (κ3) is 5.22. The molecule has 0 radical (unpaired) electrons. The van der Waals surface area contributed by atoms with E-state index < -0.39 is 0 Å². The number of halogens is 1. The first-order valence-corrected chi connectivity index (χ1v) is 7.05. The van der Waals surface area contributed by atoms with Crippen LogP contribution >= 0.6 is 22.6 Å². The molecule has 0 heterocycles. The summed E-state index contributed by atoms with van der Waals surface area (Å²) in [4.78, 5) is 13.8. The number of ether oxygens (including phenoxy) is 1. The van der Waals surface area contributed by atoms with E-state index in [1.807, 2.05) is 24.3 Å². The van der Waals surface area contributed by atoms with Crippen LogP contribution in [0, 0.1) is 3.57 Å². The largest absolute Gasteiger partial charge is 0.383 e. The summed E-state index contributed by atoms with van der Waals surface area (Å²) in [5, 5.41) is 2.89. The molecule has 18 heavy (non-hydrogen) atoms. The third-order valence-electron chi connectivity index (χ3n) is 2.44. The van der Waals surface area contributed by atoms with Gasteiger partial charge < -0.3 is 15.0 Å². The molecule has 0 aliphatic carbocycles. The quantitative estimate of drug-likeness (QED) is 0.790. The summed E-state index contributed by atoms with van der Waals surface area (Å²) in [6.07, 6.45) is 0.934. The number of anilines is 1. The minimum atomic E-state index is -0.0740. The van der Waals surface area contributed by atoms with Gasteiger partial charge in [0.05, 0.1) is 6.61 Å². The molecule has 1 aromatic carbocycles. The molecule has 5 heteroatoms. The number of carbonyl (C=O) groups excluding carboxylic acids is 1. The standard InChI is InChI=1S/C13H19IN2O2/c1-3-8-16(9-10-18-2)13(17)15-12-6-4-11(14)5-7-12/h4-7H,3,8-10H2,1-2H3,(H,15,17). The molecule has 0 atom stereocenters. The molecule has 0 fully saturated rings. The highest BCUT2D eigenvalue weighted by atomic mass is 127. The third-order valence-corrected chi connectivity index (χ3v) is 3.16. The molecule has 1 aromatic rings. The monoisotopic (exact) mass is 362 g/mol. The van der Waals surface area contributed by atoms with Crippen molar-refractivity contribution >= 4 is 34.3 Å². The Kier molecular flexibility index (Phi) is 7.04. The minimum Gasteiger partial charge on any atom is -0.383 e. The van der Waals surface area contributed by atoms with E-state index in [0.29, 0.717) is 13.2 Å². The molecular formula is C13H19IN2O2. The molecule has 4 nitrogen and oxygen atoms in total. The Morgan fingerprint density at radius 2 is 2.00 bits per heavy atom. The number of nitrogens with zero attached hydrogens (tertiary/aromatic N) is 1. The average Bonchev–Trinajstić information content (AvgIpc) is 2.37. The molecule has 0 saturated heterocycles. The summed E-state index contributed by atoms with van der Waals surface area (Å²) in [7, 11) is 1.64. The lowest BCUT2D eigenvalue weighted by Crippen LogP contribution is -2.37. The summed E-state index contributed by atoms with van der Waals surface area (Å²) in [5.74, 6) is 0. The van der Waals surface area contributed by atoms with Gasteiger partial charge in [0.15, 0.2) is 0 Å². The maximum Gasteiger partial charge on any atom is 0.321 e. The van der Waals surface area contributed by atoms with E-state index in [-0.39, 0.29) is 6.03 Å². The molecule has 0 aliphatic heterocycles. The number of methoxy groups -OCH3 is 1. The van der Waals surface area contributed by atoms with Crippen LogP contribution in [0.15, 0.2) is 24.3 Å². The average molecular weight is 362 g/mol. The van der Waals surface area contributed by atoms with Crippen molar-refractivity contribution in [1.82, 2.24) is 4.90 Å². The number of rotatable bonds is 6. The fraction of sp³-hybridized carbons (Fsp3) is 0.462. The van der Waals surface area contributed by atoms with Crippen LogP contribution in [0.1, 0.15) is 13.3 Å². The Bertz CT molecular complexity index is 368. The van der Waals surface area contributed by atoms with Crippen molar-refractivity contribution in [3.8, 4) is 0 Å². The number of hydrogen-bond donors (Lipinski definition) is 1. The first-order valence-electron chi connectivity index (χ1n) is 5.97. The number of hydrogen-bond acceptors (Lipinski definition) is 2. The van der Waals surface area contributed by atoms with Gasteiger partial charge >= 0.3 is 6.03 Å². The van der Waals surface area contributed by atoms with Crippen molar-refractivity contribution in [2.24, 2.45) is 0 Å². The SMILES string of the molecule is CCCN(CCOC)C(=O)Nc1ccc(I)cc1. The van der Waals surface area contributed by atoms with Crippen LogP contribution in [0.5, 0.6) is 0 Å². The van der Waals surface area contributed by atoms with Crippen molar-refractivity contribution in [2.75, 3.05) is 32.1 Å². The van der Waals surface area contributed by atoms with Gasteiger partial charge in [-0.3, -0.25) is 0 Å². The summed E-state index contributed by atoms with van der Waals surface area (Å²) < 4.78 is 6.16. The maximum absolute atomic E-state index is 12.1. The van der Waals surface area contributed by atoms with Crippen molar-refractivity contribution in [1.29, 1.82) is 0 Å². The van der Waals surface area contributed by atoms with Gasteiger partial charge in [-0.1, -0.05) is 6.92 Å². The fourth-order valence-electron chi connectivity index (χ4n) is 1.52. The zero-order valence-electron chi connectivity index (χ0n) is 10.8. The predicted octanol–water partition coefficient (Wildman–Crippen LogP) is 3.18. The summed E-state index contributed by atoms with van der Waals surface area (Å²) in [6, 6.07) is 7.67. The molecule has 100 valence electrons. The summed E-state index contributed by atoms with van der Waals surface area (Å²) in [5.41, 5.74) is 0.818. The highest BCUT2D eigenvalue weighted by Gasteiger charge is 2.11. The maximum atomic E-state index is 12.1. The van der Waals surface area contributed by atoms with Crippen LogP contribution in [-0.2, 0) is 4.74 Å². The van der Waals surface area contributed by atoms with Crippen molar-refractivity contribution in [3.05, 3.63) is 27.8 Å². The number of amides is 2. The first kappa shape index (κ1) is 15.2. The van der Waals surface area contributed by atoms with Crippen molar-refractivity contribution in [3.63, 3.8) is 0 Å². The number of urea groups is 1. The van der Waals surface area contributed by atoms with Crippen LogP contribution < -0.4 is 5.32 Å². The summed E-state index contributed by atoms with van der Waals surface area (Å²) in [6.45, 7) is 3.96. The molecule has 0 saturated carbocycles. The van der Waals surface area contributed by atoms with Gasteiger partial charge in [-0.2, -0.15) is 0 Å². The summed E-state index contributed by atoms with van der Waals surface area (Å²) >= 11 is 2.24. The Morgan fingerprint density at radius 3 is 2.56 bits per heavy atom. The van der Waals surface area contributed by atoms with E-state index in [1.54, 1.807) is 12.0 Å². The van der Waals surface area contributed by atoms with Gasteiger partial charge in [-0.05, 0) is 53.3 Å². The zero-order valence-corrected chi connectivity index (χ0v) is 12.9. The Morgan fingerprint density at radius 1 is 1.33 bits per heavy atom. The first-order chi connectivity index (χ1) is 8.67. The van der Waals surface area contributed by atoms with Crippen LogP contribution in [0.4, 0.5) is 10.5 Å². The second kappa shape index (κ2) is 8.31. The Hall–Kier alpha value is -0.820. The van der Waals surface area contributed by atoms with E-state index in [1.165, 1.54) is 0 Å². The number of nitrogens with one attached hydrogen (secondary N) is 1. The second-order valence-electron chi connectivity index (χ2n) is 3.92. The van der Waals surface area contributed by atoms with Gasteiger partial charge in [0.2, 0.25) is 0 Å². The predicted molar refractivity (Wildman–Crippen MR) is 81.9 cm³/mol. The molecule has 0 spiro atoms. The second-order valence-corrected chi connectivity index (χ2v) is 5.16. The molecule has 0 unspecified atom stereocenters. The van der Waals surface area contributed by atoms with Crippen LogP contribution in [0.25, 0.3) is 0 Å². The van der Waals surface area contributed by atoms with E-state index in [2.05, 4.69) is 34.8 Å². The van der Waals surface area contributed by atoms with E-state index in [9.17, 15) is 4.79 Å². The van der Waals surface area contributed by atoms with E-state index >= 15 is 0 Å². The van der Waals surface area contributed by atoms with Gasteiger partial charge in [-0.15, -0.1) is 0 Å². The zero-order chi connectivity index (χ0) is 13.4. The molecular weight excluding hydrogens is 343 g/mol. The van der Waals surface area contributed by atoms with Crippen LogP contribution in [0.3, 0.4) is 0 Å².